The summed E-state index contributed by atoms with van der Waals surface area (Å²) in [6.07, 6.45) is 2.74. The number of allylic oxidation sites excluding steroid dienone is 1. The molecule has 0 radical (unpaired) electrons. The van der Waals surface area contributed by atoms with Crippen LogP contribution in [0.3, 0.4) is 0 Å². The van der Waals surface area contributed by atoms with Crippen LogP contribution in [0.15, 0.2) is 28.4 Å². The molecule has 0 saturated heterocycles. The number of carbonyl (C=O) groups excluding carboxylic acids is 3. The van der Waals surface area contributed by atoms with Crippen molar-refractivity contribution in [3.05, 3.63) is 29.7 Å². The molecule has 0 N–H and O–H groups in total. The zero-order valence-electron chi connectivity index (χ0n) is 8.02. The van der Waals surface area contributed by atoms with Gasteiger partial charge in [-0.3, -0.25) is 14.4 Å². The van der Waals surface area contributed by atoms with Crippen molar-refractivity contribution < 1.29 is 18.8 Å². The topological polar surface area (TPSA) is 64.3 Å². The molecule has 0 spiro atoms. The molecule has 1 aliphatic rings. The van der Waals surface area contributed by atoms with E-state index in [4.69, 9.17) is 4.42 Å². The highest BCUT2D eigenvalue weighted by Gasteiger charge is 2.41. The number of carbonyl (C=O) groups is 3. The Kier molecular flexibility index (Phi) is 2.11. The van der Waals surface area contributed by atoms with E-state index in [-0.39, 0.29) is 5.57 Å². The van der Waals surface area contributed by atoms with Gasteiger partial charge in [0.2, 0.25) is 11.6 Å². The SMILES string of the molecule is C[C@H]1C(=O)C(=O)/C(=C\c2ccco2)C1=O. The summed E-state index contributed by atoms with van der Waals surface area (Å²) >= 11 is 0. The van der Waals surface area contributed by atoms with Gasteiger partial charge >= 0.3 is 0 Å². The van der Waals surface area contributed by atoms with Gasteiger partial charge < -0.3 is 4.42 Å². The van der Waals surface area contributed by atoms with Crippen LogP contribution in [0.2, 0.25) is 0 Å². The molecule has 1 atom stereocenters. The Balaban J connectivity index is 2.43. The van der Waals surface area contributed by atoms with Gasteiger partial charge in [-0.25, -0.2) is 0 Å². The minimum atomic E-state index is -0.848. The molecule has 2 rings (SSSR count). The number of ketones is 3. The summed E-state index contributed by atoms with van der Waals surface area (Å²) in [4.78, 5) is 34.1. The second-order valence-electron chi connectivity index (χ2n) is 3.35. The molecular weight excluding hydrogens is 196 g/mol. The quantitative estimate of drug-likeness (QED) is 0.296. The molecule has 4 nitrogen and oxygen atoms in total. The Morgan fingerprint density at radius 1 is 1.27 bits per heavy atom. The lowest BCUT2D eigenvalue weighted by molar-refractivity contribution is -0.135. The smallest absolute Gasteiger partial charge is 0.233 e. The summed E-state index contributed by atoms with van der Waals surface area (Å²) in [6.45, 7) is 1.44. The number of hydrogen-bond acceptors (Lipinski definition) is 4. The van der Waals surface area contributed by atoms with Crippen LogP contribution in [0, 0.1) is 5.92 Å². The zero-order valence-corrected chi connectivity index (χ0v) is 8.02. The zero-order chi connectivity index (χ0) is 11.0. The molecule has 1 aromatic heterocycles. The van der Waals surface area contributed by atoms with Crippen LogP contribution < -0.4 is 0 Å². The van der Waals surface area contributed by atoms with Crippen LogP contribution in [0.4, 0.5) is 0 Å². The number of hydrogen-bond donors (Lipinski definition) is 0. The maximum atomic E-state index is 11.5. The fourth-order valence-corrected chi connectivity index (χ4v) is 1.45. The van der Waals surface area contributed by atoms with E-state index < -0.39 is 23.3 Å². The summed E-state index contributed by atoms with van der Waals surface area (Å²) in [7, 11) is 0. The van der Waals surface area contributed by atoms with Crippen molar-refractivity contribution in [1.29, 1.82) is 0 Å². The molecule has 0 amide bonds. The maximum absolute atomic E-state index is 11.5. The Bertz CT molecular complexity index is 465. The highest BCUT2D eigenvalue weighted by molar-refractivity contribution is 6.60. The third-order valence-corrected chi connectivity index (χ3v) is 2.35. The van der Waals surface area contributed by atoms with Gasteiger partial charge in [-0.15, -0.1) is 0 Å². The molecule has 1 saturated carbocycles. The van der Waals surface area contributed by atoms with Gasteiger partial charge in [0.05, 0.1) is 17.8 Å². The molecule has 1 fully saturated rings. The Morgan fingerprint density at radius 2 is 2.00 bits per heavy atom. The van der Waals surface area contributed by atoms with Crippen molar-refractivity contribution in [3.63, 3.8) is 0 Å². The van der Waals surface area contributed by atoms with E-state index in [0.29, 0.717) is 5.76 Å². The first-order chi connectivity index (χ1) is 7.11. The first kappa shape index (κ1) is 9.58. The average molecular weight is 204 g/mol. The van der Waals surface area contributed by atoms with Crippen molar-refractivity contribution >= 4 is 23.4 Å². The van der Waals surface area contributed by atoms with Gasteiger partial charge in [0, 0.05) is 0 Å². The molecule has 4 heteroatoms. The number of Topliss-reactive ketones (excluding diaryl/α,β-unsaturated/α-hetero) is 3. The minimum Gasteiger partial charge on any atom is -0.465 e. The highest BCUT2D eigenvalue weighted by atomic mass is 16.3. The summed E-state index contributed by atoms with van der Waals surface area (Å²) in [6, 6.07) is 3.25. The van der Waals surface area contributed by atoms with Gasteiger partial charge in [0.15, 0.2) is 5.78 Å². The molecule has 1 aromatic rings. The second kappa shape index (κ2) is 3.31. The fourth-order valence-electron chi connectivity index (χ4n) is 1.45. The van der Waals surface area contributed by atoms with Crippen molar-refractivity contribution in [2.45, 2.75) is 6.92 Å². The lowest BCUT2D eigenvalue weighted by atomic mass is 10.1. The van der Waals surface area contributed by atoms with Crippen LogP contribution in [0.1, 0.15) is 12.7 Å². The number of furan rings is 1. The van der Waals surface area contributed by atoms with Gasteiger partial charge in [-0.2, -0.15) is 0 Å². The second-order valence-corrected chi connectivity index (χ2v) is 3.35. The van der Waals surface area contributed by atoms with E-state index in [1.165, 1.54) is 19.3 Å². The van der Waals surface area contributed by atoms with E-state index in [1.54, 1.807) is 12.1 Å². The van der Waals surface area contributed by atoms with Crippen molar-refractivity contribution in [1.82, 2.24) is 0 Å². The highest BCUT2D eigenvalue weighted by Crippen LogP contribution is 2.22. The van der Waals surface area contributed by atoms with E-state index in [2.05, 4.69) is 0 Å². The first-order valence-corrected chi connectivity index (χ1v) is 4.49. The van der Waals surface area contributed by atoms with Gasteiger partial charge in [0.25, 0.3) is 0 Å². The third kappa shape index (κ3) is 1.44. The lowest BCUT2D eigenvalue weighted by Crippen LogP contribution is -2.12. The van der Waals surface area contributed by atoms with E-state index >= 15 is 0 Å². The molecule has 0 aliphatic heterocycles. The lowest BCUT2D eigenvalue weighted by Gasteiger charge is -1.91. The molecule has 76 valence electrons. The van der Waals surface area contributed by atoms with Crippen LogP contribution in [0.25, 0.3) is 6.08 Å². The van der Waals surface area contributed by atoms with E-state index in [9.17, 15) is 14.4 Å². The molecule has 15 heavy (non-hydrogen) atoms. The average Bonchev–Trinajstić information content (AvgIpc) is 2.79. The van der Waals surface area contributed by atoms with Gasteiger partial charge in [-0.05, 0) is 25.1 Å². The maximum Gasteiger partial charge on any atom is 0.233 e. The number of rotatable bonds is 1. The molecule has 0 unspecified atom stereocenters. The van der Waals surface area contributed by atoms with Crippen LogP contribution >= 0.6 is 0 Å². The van der Waals surface area contributed by atoms with Gasteiger partial charge in [-0.1, -0.05) is 0 Å². The van der Waals surface area contributed by atoms with Crippen LogP contribution in [0.5, 0.6) is 0 Å². The van der Waals surface area contributed by atoms with Crippen molar-refractivity contribution in [2.24, 2.45) is 5.92 Å². The largest absolute Gasteiger partial charge is 0.465 e. The summed E-state index contributed by atoms with van der Waals surface area (Å²) in [5.74, 6) is -2.24. The Hall–Kier alpha value is -1.97. The van der Waals surface area contributed by atoms with Crippen molar-refractivity contribution in [2.75, 3.05) is 0 Å². The monoisotopic (exact) mass is 204 g/mol. The molecule has 0 bridgehead atoms. The van der Waals surface area contributed by atoms with E-state index in [0.717, 1.165) is 0 Å². The Labute approximate surface area is 85.6 Å². The van der Waals surface area contributed by atoms with E-state index in [1.807, 2.05) is 0 Å². The Morgan fingerprint density at radius 3 is 2.47 bits per heavy atom. The standard InChI is InChI=1S/C11H8O4/c1-6-9(12)8(11(14)10(6)13)5-7-3-2-4-15-7/h2-6H,1H3/b8-5-/t6-/m1/s1. The molecular formula is C11H8O4. The molecule has 1 aliphatic carbocycles. The summed E-state index contributed by atoms with van der Waals surface area (Å²) < 4.78 is 4.97. The predicted molar refractivity (Wildman–Crippen MR) is 50.9 cm³/mol. The van der Waals surface area contributed by atoms with Crippen LogP contribution in [-0.4, -0.2) is 17.3 Å². The molecule has 1 heterocycles. The van der Waals surface area contributed by atoms with Crippen LogP contribution in [-0.2, 0) is 14.4 Å². The van der Waals surface area contributed by atoms with Crippen molar-refractivity contribution in [3.8, 4) is 0 Å². The summed E-state index contributed by atoms with van der Waals surface area (Å²) in [5, 5.41) is 0. The first-order valence-electron chi connectivity index (χ1n) is 4.49. The fraction of sp³-hybridized carbons (Fsp3) is 0.182. The molecule has 0 aromatic carbocycles. The minimum absolute atomic E-state index is 0.0811. The normalized spacial score (nSPS) is 24.2. The summed E-state index contributed by atoms with van der Waals surface area (Å²) in [5.41, 5.74) is -0.0811. The third-order valence-electron chi connectivity index (χ3n) is 2.35. The predicted octanol–water partition coefficient (Wildman–Crippen LogP) is 1.02. The van der Waals surface area contributed by atoms with Gasteiger partial charge in [0.1, 0.15) is 5.76 Å².